The lowest BCUT2D eigenvalue weighted by Crippen LogP contribution is -2.14. The Morgan fingerprint density at radius 3 is 2.19 bits per heavy atom. The summed E-state index contributed by atoms with van der Waals surface area (Å²) in [5, 5.41) is 10.4. The van der Waals surface area contributed by atoms with Gasteiger partial charge in [-0.25, -0.2) is 8.78 Å². The zero-order chi connectivity index (χ0) is 20.0. The second-order valence-corrected chi connectivity index (χ2v) is 7.81. The fraction of sp³-hybridized carbons (Fsp3) is 0. The zero-order valence-electron chi connectivity index (χ0n) is 12.8. The van der Waals surface area contributed by atoms with Crippen molar-refractivity contribution in [1.82, 2.24) is 15.4 Å². The molecule has 2 aromatic carbocycles. The van der Waals surface area contributed by atoms with Gasteiger partial charge in [-0.2, -0.15) is 16.8 Å². The van der Waals surface area contributed by atoms with Gasteiger partial charge < -0.3 is 5.32 Å². The average Bonchev–Trinajstić information content (AvgIpc) is 2.55. The maximum Gasteiger partial charge on any atom is 0.298 e. The molecule has 0 aliphatic rings. The highest BCUT2D eigenvalue weighted by molar-refractivity contribution is 7.89. The Labute approximate surface area is 150 Å². The number of fused-ring (bicyclic) bond motifs is 1. The molecular formula is C13H8F2N4O6S2. The molecule has 0 bridgehead atoms. The van der Waals surface area contributed by atoms with Crippen molar-refractivity contribution in [3.05, 3.63) is 42.1 Å². The molecule has 0 fully saturated rings. The van der Waals surface area contributed by atoms with Crippen LogP contribution in [0, 0.1) is 11.6 Å². The number of anilines is 2. The van der Waals surface area contributed by atoms with Crippen LogP contribution in [-0.4, -0.2) is 41.4 Å². The van der Waals surface area contributed by atoms with E-state index >= 15 is 0 Å². The first-order valence-corrected chi connectivity index (χ1v) is 9.70. The van der Waals surface area contributed by atoms with Crippen molar-refractivity contribution in [2.75, 3.05) is 5.32 Å². The van der Waals surface area contributed by atoms with E-state index in [9.17, 15) is 34.7 Å². The van der Waals surface area contributed by atoms with Crippen molar-refractivity contribution in [2.24, 2.45) is 0 Å². The van der Waals surface area contributed by atoms with Crippen LogP contribution in [-0.2, 0) is 20.2 Å². The van der Waals surface area contributed by atoms with E-state index in [2.05, 4.69) is 20.7 Å². The highest BCUT2D eigenvalue weighted by atomic mass is 32.2. The van der Waals surface area contributed by atoms with E-state index in [1.54, 1.807) is 0 Å². The number of nitrogens with one attached hydrogen (secondary N) is 1. The second-order valence-electron chi connectivity index (χ2n) is 5.09. The molecule has 0 saturated heterocycles. The molecule has 0 saturated carbocycles. The first-order chi connectivity index (χ1) is 12.5. The number of nitrogens with zero attached hydrogens (tertiary/aromatic N) is 3. The smallest absolute Gasteiger partial charge is 0.298 e. The number of halogens is 2. The molecule has 0 radical (unpaired) electrons. The van der Waals surface area contributed by atoms with Gasteiger partial charge in [-0.3, -0.25) is 9.11 Å². The molecule has 0 unspecified atom stereocenters. The van der Waals surface area contributed by atoms with Crippen molar-refractivity contribution in [3.8, 4) is 0 Å². The molecule has 142 valence electrons. The van der Waals surface area contributed by atoms with Crippen molar-refractivity contribution < 1.29 is 34.7 Å². The molecule has 0 aliphatic carbocycles. The van der Waals surface area contributed by atoms with Gasteiger partial charge in [0, 0.05) is 11.5 Å². The van der Waals surface area contributed by atoms with Crippen LogP contribution in [0.1, 0.15) is 0 Å². The SMILES string of the molecule is O=S(=O)(O)c1c(Nc2ccnnn2)c(F)c2c(F)cccc2c1S(=O)(=O)O. The highest BCUT2D eigenvalue weighted by Gasteiger charge is 2.34. The molecule has 10 nitrogen and oxygen atoms in total. The van der Waals surface area contributed by atoms with Gasteiger partial charge in [-0.15, -0.1) is 10.2 Å². The number of hydrogen-bond donors (Lipinski definition) is 3. The summed E-state index contributed by atoms with van der Waals surface area (Å²) < 4.78 is 95.4. The van der Waals surface area contributed by atoms with Crippen LogP contribution >= 0.6 is 0 Å². The fourth-order valence-corrected chi connectivity index (χ4v) is 4.61. The molecule has 0 spiro atoms. The van der Waals surface area contributed by atoms with Crippen LogP contribution in [0.4, 0.5) is 20.3 Å². The summed E-state index contributed by atoms with van der Waals surface area (Å²) in [7, 11) is -10.8. The van der Waals surface area contributed by atoms with Gasteiger partial charge in [0.1, 0.15) is 15.6 Å². The Morgan fingerprint density at radius 2 is 1.63 bits per heavy atom. The van der Waals surface area contributed by atoms with Crippen LogP contribution in [0.3, 0.4) is 0 Å². The maximum atomic E-state index is 15.0. The Bertz CT molecular complexity index is 1270. The van der Waals surface area contributed by atoms with E-state index in [1.165, 1.54) is 0 Å². The predicted molar refractivity (Wildman–Crippen MR) is 86.6 cm³/mol. The van der Waals surface area contributed by atoms with Crippen molar-refractivity contribution >= 4 is 42.5 Å². The molecule has 1 aromatic heterocycles. The summed E-state index contributed by atoms with van der Waals surface area (Å²) >= 11 is 0. The molecule has 3 aromatic rings. The van der Waals surface area contributed by atoms with E-state index in [0.717, 1.165) is 30.5 Å². The van der Waals surface area contributed by atoms with Crippen LogP contribution in [0.2, 0.25) is 0 Å². The van der Waals surface area contributed by atoms with Gasteiger partial charge in [-0.05, 0) is 11.3 Å². The third-order valence-corrected chi connectivity index (χ3v) is 5.40. The van der Waals surface area contributed by atoms with E-state index in [4.69, 9.17) is 0 Å². The van der Waals surface area contributed by atoms with Gasteiger partial charge in [0.15, 0.2) is 11.6 Å². The first-order valence-electron chi connectivity index (χ1n) is 6.82. The normalized spacial score (nSPS) is 12.3. The van der Waals surface area contributed by atoms with Crippen LogP contribution < -0.4 is 5.32 Å². The molecule has 3 N–H and O–H groups in total. The molecule has 14 heteroatoms. The van der Waals surface area contributed by atoms with Crippen molar-refractivity contribution in [3.63, 3.8) is 0 Å². The first kappa shape index (κ1) is 19.0. The summed E-state index contributed by atoms with van der Waals surface area (Å²) in [6.45, 7) is 0. The van der Waals surface area contributed by atoms with Gasteiger partial charge in [0.2, 0.25) is 0 Å². The standard InChI is InChI=1S/C13H8F2N4O6S2/c14-7-3-1-2-6-9(7)10(15)11(17-8-4-5-16-19-18-8)13(27(23,24)25)12(6)26(20,21)22/h1-5H,(H,16,17,18)(H,20,21,22)(H,23,24,25). The Morgan fingerprint density at radius 1 is 0.963 bits per heavy atom. The molecule has 0 atom stereocenters. The number of rotatable bonds is 4. The zero-order valence-corrected chi connectivity index (χ0v) is 14.5. The van der Waals surface area contributed by atoms with Crippen molar-refractivity contribution in [2.45, 2.75) is 9.79 Å². The molecule has 27 heavy (non-hydrogen) atoms. The third-order valence-electron chi connectivity index (χ3n) is 3.40. The average molecular weight is 418 g/mol. The van der Waals surface area contributed by atoms with E-state index < -0.39 is 58.1 Å². The van der Waals surface area contributed by atoms with Gasteiger partial charge in [0.25, 0.3) is 20.2 Å². The monoisotopic (exact) mass is 418 g/mol. The number of aromatic nitrogens is 3. The summed E-state index contributed by atoms with van der Waals surface area (Å²) in [6.07, 6.45) is 1.09. The summed E-state index contributed by atoms with van der Waals surface area (Å²) in [6, 6.07) is 3.75. The topological polar surface area (TPSA) is 159 Å². The van der Waals surface area contributed by atoms with Gasteiger partial charge in [0.05, 0.1) is 17.3 Å². The van der Waals surface area contributed by atoms with Crippen LogP contribution in [0.25, 0.3) is 10.8 Å². The van der Waals surface area contributed by atoms with Crippen LogP contribution in [0.15, 0.2) is 40.3 Å². The largest absolute Gasteiger partial charge is 0.335 e. The van der Waals surface area contributed by atoms with Crippen molar-refractivity contribution in [1.29, 1.82) is 0 Å². The molecule has 0 amide bonds. The number of benzene rings is 2. The fourth-order valence-electron chi connectivity index (χ4n) is 2.45. The highest BCUT2D eigenvalue weighted by Crippen LogP contribution is 2.40. The van der Waals surface area contributed by atoms with Crippen LogP contribution in [0.5, 0.6) is 0 Å². The molecule has 3 rings (SSSR count). The van der Waals surface area contributed by atoms with Gasteiger partial charge >= 0.3 is 0 Å². The van der Waals surface area contributed by atoms with E-state index in [1.807, 2.05) is 0 Å². The summed E-state index contributed by atoms with van der Waals surface area (Å²) in [5.74, 6) is -3.08. The Kier molecular flexibility index (Phi) is 4.51. The molecule has 1 heterocycles. The lowest BCUT2D eigenvalue weighted by atomic mass is 10.1. The third kappa shape index (κ3) is 3.42. The minimum absolute atomic E-state index is 0.300. The van der Waals surface area contributed by atoms with E-state index in [-0.39, 0.29) is 5.82 Å². The maximum absolute atomic E-state index is 15.0. The molecule has 0 aliphatic heterocycles. The van der Waals surface area contributed by atoms with Gasteiger partial charge in [-0.1, -0.05) is 12.1 Å². The second kappa shape index (κ2) is 6.41. The van der Waals surface area contributed by atoms with E-state index in [0.29, 0.717) is 0 Å². The number of hydrogen-bond acceptors (Lipinski definition) is 8. The predicted octanol–water partition coefficient (Wildman–Crippen LogP) is 1.54. The summed E-state index contributed by atoms with van der Waals surface area (Å²) in [4.78, 5) is -2.91. The summed E-state index contributed by atoms with van der Waals surface area (Å²) in [5.41, 5.74) is -1.15. The minimum atomic E-state index is -5.42. The lowest BCUT2D eigenvalue weighted by molar-refractivity contribution is 0.467. The lowest BCUT2D eigenvalue weighted by Gasteiger charge is -2.16. The molecular weight excluding hydrogens is 410 g/mol. The quantitative estimate of drug-likeness (QED) is 0.530. The Balaban J connectivity index is 2.58. The minimum Gasteiger partial charge on any atom is -0.335 e. The Hall–Kier alpha value is -2.81.